The summed E-state index contributed by atoms with van der Waals surface area (Å²) in [7, 11) is 1.43. The molecule has 2 atom stereocenters. The van der Waals surface area contributed by atoms with E-state index in [-0.39, 0.29) is 6.42 Å². The Morgan fingerprint density at radius 2 is 2.11 bits per heavy atom. The summed E-state index contributed by atoms with van der Waals surface area (Å²) in [5, 5.41) is 11.6. The number of hydrogen-bond acceptors (Lipinski definition) is 3. The maximum absolute atomic E-state index is 12.2. The van der Waals surface area contributed by atoms with Crippen LogP contribution in [0.25, 0.3) is 0 Å². The molecule has 0 radical (unpaired) electrons. The summed E-state index contributed by atoms with van der Waals surface area (Å²) >= 11 is 0. The molecule has 2 N–H and O–H groups in total. The molecule has 1 aromatic carbocycles. The second-order valence-electron chi connectivity index (χ2n) is 4.27. The molecule has 104 valence electrons. The second kappa shape index (κ2) is 4.73. The number of fused-ring (bicyclic) bond motifs is 1. The third kappa shape index (κ3) is 2.65. The van der Waals surface area contributed by atoms with E-state index in [4.69, 9.17) is 4.74 Å². The molecular weight excluding hydrogens is 263 g/mol. The number of nitrogens with one attached hydrogen (secondary N) is 1. The zero-order chi connectivity index (χ0) is 14.2. The van der Waals surface area contributed by atoms with Crippen molar-refractivity contribution < 1.29 is 27.8 Å². The molecule has 4 nitrogen and oxygen atoms in total. The van der Waals surface area contributed by atoms with E-state index in [9.17, 15) is 23.1 Å². The molecule has 1 aromatic rings. The first kappa shape index (κ1) is 13.7. The number of amides is 1. The minimum Gasteiger partial charge on any atom is -0.497 e. The summed E-state index contributed by atoms with van der Waals surface area (Å²) in [5.41, 5.74) is 0.956. The predicted molar refractivity (Wildman–Crippen MR) is 59.5 cm³/mol. The van der Waals surface area contributed by atoms with Gasteiger partial charge in [-0.2, -0.15) is 13.2 Å². The third-order valence-electron chi connectivity index (χ3n) is 3.05. The SMILES string of the molecule is COc1ccc2c(c1)[C@@H](NC(=O)C(F)(F)F)C[C@@H]2O. The van der Waals surface area contributed by atoms with Gasteiger partial charge >= 0.3 is 12.1 Å². The van der Waals surface area contributed by atoms with Crippen LogP contribution in [-0.4, -0.2) is 24.3 Å². The molecule has 19 heavy (non-hydrogen) atoms. The topological polar surface area (TPSA) is 58.6 Å². The normalized spacial score (nSPS) is 21.9. The van der Waals surface area contributed by atoms with Crippen molar-refractivity contribution in [3.8, 4) is 5.75 Å². The first-order valence-electron chi connectivity index (χ1n) is 5.56. The fourth-order valence-corrected chi connectivity index (χ4v) is 2.14. The van der Waals surface area contributed by atoms with Gasteiger partial charge in [-0.05, 0) is 23.3 Å². The third-order valence-corrected chi connectivity index (χ3v) is 3.05. The summed E-state index contributed by atoms with van der Waals surface area (Å²) in [6, 6.07) is 3.84. The monoisotopic (exact) mass is 275 g/mol. The Kier molecular flexibility index (Phi) is 3.40. The summed E-state index contributed by atoms with van der Waals surface area (Å²) < 4.78 is 41.6. The summed E-state index contributed by atoms with van der Waals surface area (Å²) in [6.45, 7) is 0. The zero-order valence-electron chi connectivity index (χ0n) is 9.99. The lowest BCUT2D eigenvalue weighted by molar-refractivity contribution is -0.174. The van der Waals surface area contributed by atoms with Gasteiger partial charge in [0.25, 0.3) is 0 Å². The molecule has 1 amide bonds. The number of ether oxygens (including phenoxy) is 1. The number of aliphatic hydroxyl groups excluding tert-OH is 1. The number of carbonyl (C=O) groups excluding carboxylic acids is 1. The molecule has 0 unspecified atom stereocenters. The Balaban J connectivity index is 2.25. The largest absolute Gasteiger partial charge is 0.497 e. The Labute approximate surface area is 107 Å². The van der Waals surface area contributed by atoms with Crippen molar-refractivity contribution in [3.05, 3.63) is 29.3 Å². The molecule has 0 aliphatic heterocycles. The molecule has 1 aliphatic carbocycles. The lowest BCUT2D eigenvalue weighted by Crippen LogP contribution is -2.38. The van der Waals surface area contributed by atoms with Crippen LogP contribution in [0.3, 0.4) is 0 Å². The lowest BCUT2D eigenvalue weighted by atomic mass is 10.1. The number of carbonyl (C=O) groups is 1. The van der Waals surface area contributed by atoms with Crippen LogP contribution < -0.4 is 10.1 Å². The van der Waals surface area contributed by atoms with Gasteiger partial charge in [0, 0.05) is 6.42 Å². The van der Waals surface area contributed by atoms with Crippen molar-refractivity contribution in [2.45, 2.75) is 24.7 Å². The molecule has 0 aromatic heterocycles. The smallest absolute Gasteiger partial charge is 0.471 e. The molecule has 0 bridgehead atoms. The van der Waals surface area contributed by atoms with E-state index in [2.05, 4.69) is 0 Å². The first-order valence-corrected chi connectivity index (χ1v) is 5.56. The second-order valence-corrected chi connectivity index (χ2v) is 4.27. The highest BCUT2D eigenvalue weighted by molar-refractivity contribution is 5.82. The summed E-state index contributed by atoms with van der Waals surface area (Å²) in [5.74, 6) is -1.56. The summed E-state index contributed by atoms with van der Waals surface area (Å²) in [6.07, 6.45) is -5.81. The minimum absolute atomic E-state index is 0.0182. The van der Waals surface area contributed by atoms with Crippen molar-refractivity contribution in [1.82, 2.24) is 5.32 Å². The van der Waals surface area contributed by atoms with Crippen LogP contribution in [0, 0.1) is 0 Å². The quantitative estimate of drug-likeness (QED) is 0.866. The van der Waals surface area contributed by atoms with E-state index in [0.717, 1.165) is 0 Å². The Morgan fingerprint density at radius 1 is 1.42 bits per heavy atom. The van der Waals surface area contributed by atoms with Crippen LogP contribution >= 0.6 is 0 Å². The number of benzene rings is 1. The van der Waals surface area contributed by atoms with Crippen LogP contribution in [0.4, 0.5) is 13.2 Å². The molecular formula is C12H12F3NO3. The van der Waals surface area contributed by atoms with Crippen molar-refractivity contribution in [3.63, 3.8) is 0 Å². The number of hydrogen-bond donors (Lipinski definition) is 2. The van der Waals surface area contributed by atoms with Gasteiger partial charge in [-0.25, -0.2) is 0 Å². The van der Waals surface area contributed by atoms with E-state index in [1.54, 1.807) is 12.1 Å². The van der Waals surface area contributed by atoms with Crippen LogP contribution in [0.2, 0.25) is 0 Å². The van der Waals surface area contributed by atoms with Gasteiger partial charge in [-0.3, -0.25) is 4.79 Å². The average molecular weight is 275 g/mol. The number of alkyl halides is 3. The van der Waals surface area contributed by atoms with Gasteiger partial charge in [0.15, 0.2) is 0 Å². The van der Waals surface area contributed by atoms with Crippen molar-refractivity contribution in [1.29, 1.82) is 0 Å². The van der Waals surface area contributed by atoms with Crippen LogP contribution in [-0.2, 0) is 4.79 Å². The summed E-state index contributed by atoms with van der Waals surface area (Å²) in [4.78, 5) is 10.9. The van der Waals surface area contributed by atoms with Crippen LogP contribution in [0.1, 0.15) is 29.7 Å². The number of aliphatic hydroxyl groups is 1. The zero-order valence-corrected chi connectivity index (χ0v) is 9.99. The van der Waals surface area contributed by atoms with E-state index in [0.29, 0.717) is 16.9 Å². The van der Waals surface area contributed by atoms with E-state index in [1.807, 2.05) is 5.32 Å². The predicted octanol–water partition coefficient (Wildman–Crippen LogP) is 1.85. The molecule has 7 heteroatoms. The van der Waals surface area contributed by atoms with Crippen LogP contribution in [0.15, 0.2) is 18.2 Å². The number of rotatable bonds is 2. The molecule has 1 aliphatic rings. The van der Waals surface area contributed by atoms with E-state index in [1.165, 1.54) is 13.2 Å². The molecule has 0 fully saturated rings. The van der Waals surface area contributed by atoms with Gasteiger partial charge in [-0.1, -0.05) is 6.07 Å². The molecule has 0 heterocycles. The maximum Gasteiger partial charge on any atom is 0.471 e. The van der Waals surface area contributed by atoms with Gasteiger partial charge in [0.05, 0.1) is 19.3 Å². The van der Waals surface area contributed by atoms with Crippen molar-refractivity contribution in [2.24, 2.45) is 0 Å². The van der Waals surface area contributed by atoms with Gasteiger partial charge in [0.1, 0.15) is 5.75 Å². The van der Waals surface area contributed by atoms with Crippen molar-refractivity contribution in [2.75, 3.05) is 7.11 Å². The number of halogens is 3. The molecule has 0 saturated carbocycles. The average Bonchev–Trinajstić information content (AvgIpc) is 2.64. The fourth-order valence-electron chi connectivity index (χ4n) is 2.14. The Bertz CT molecular complexity index is 501. The van der Waals surface area contributed by atoms with Crippen molar-refractivity contribution >= 4 is 5.91 Å². The van der Waals surface area contributed by atoms with E-state index >= 15 is 0 Å². The Morgan fingerprint density at radius 3 is 2.68 bits per heavy atom. The highest BCUT2D eigenvalue weighted by atomic mass is 19.4. The highest BCUT2D eigenvalue weighted by Crippen LogP contribution is 2.40. The number of methoxy groups -OCH3 is 1. The molecule has 0 spiro atoms. The van der Waals surface area contributed by atoms with Crippen LogP contribution in [0.5, 0.6) is 5.75 Å². The fraction of sp³-hybridized carbons (Fsp3) is 0.417. The highest BCUT2D eigenvalue weighted by Gasteiger charge is 2.42. The minimum atomic E-state index is -4.94. The molecule has 2 rings (SSSR count). The molecule has 0 saturated heterocycles. The first-order chi connectivity index (χ1) is 8.82. The maximum atomic E-state index is 12.2. The Hall–Kier alpha value is -1.76. The van der Waals surface area contributed by atoms with Gasteiger partial charge < -0.3 is 15.2 Å². The lowest BCUT2D eigenvalue weighted by Gasteiger charge is -2.15. The standard InChI is InChI=1S/C12H12F3NO3/c1-19-6-2-3-7-8(4-6)9(5-10(7)17)16-11(18)12(13,14)15/h2-4,9-10,17H,5H2,1H3,(H,16,18)/t9-,10-/m0/s1. The van der Waals surface area contributed by atoms with Gasteiger partial charge in [0.2, 0.25) is 0 Å². The van der Waals surface area contributed by atoms with Gasteiger partial charge in [-0.15, -0.1) is 0 Å². The van der Waals surface area contributed by atoms with E-state index < -0.39 is 24.2 Å².